The minimum atomic E-state index is -0.664. The van der Waals surface area contributed by atoms with Crippen LogP contribution in [0.1, 0.15) is 53.4 Å². The topological polar surface area (TPSA) is 67.8 Å². The van der Waals surface area contributed by atoms with E-state index < -0.39 is 12.1 Å². The molecule has 0 amide bonds. The van der Waals surface area contributed by atoms with Crippen LogP contribution in [0.3, 0.4) is 0 Å². The molecule has 1 aliphatic carbocycles. The molecule has 2 unspecified atom stereocenters. The summed E-state index contributed by atoms with van der Waals surface area (Å²) in [5.41, 5.74) is 3.04. The lowest BCUT2D eigenvalue weighted by atomic mass is 9.82. The Morgan fingerprint density at radius 2 is 1.96 bits per heavy atom. The van der Waals surface area contributed by atoms with Crippen LogP contribution in [0.5, 0.6) is 5.75 Å². The lowest BCUT2D eigenvalue weighted by Gasteiger charge is -2.33. The quantitative estimate of drug-likeness (QED) is 0.764. The van der Waals surface area contributed by atoms with E-state index in [2.05, 4.69) is 19.2 Å². The first-order valence-corrected chi connectivity index (χ1v) is 9.36. The van der Waals surface area contributed by atoms with E-state index in [0.717, 1.165) is 23.1 Å². The molecule has 0 saturated heterocycles. The van der Waals surface area contributed by atoms with Gasteiger partial charge in [-0.1, -0.05) is 50.2 Å². The Labute approximate surface area is 160 Å². The van der Waals surface area contributed by atoms with Crippen LogP contribution < -0.4 is 10.1 Å². The van der Waals surface area contributed by atoms with Gasteiger partial charge >= 0.3 is 5.97 Å². The lowest BCUT2D eigenvalue weighted by molar-refractivity contribution is 0.0590. The average Bonchev–Trinajstić information content (AvgIpc) is 2.68. The Bertz CT molecular complexity index is 788. The molecule has 2 N–H and O–H groups in total. The van der Waals surface area contributed by atoms with Gasteiger partial charge in [-0.25, -0.2) is 4.79 Å². The van der Waals surface area contributed by atoms with Crippen molar-refractivity contribution in [2.75, 3.05) is 7.11 Å². The van der Waals surface area contributed by atoms with Gasteiger partial charge in [-0.15, -0.1) is 0 Å². The molecular formula is C22H27NO4. The molecule has 0 bridgehead atoms. The molecule has 3 rings (SSSR count). The van der Waals surface area contributed by atoms with Gasteiger partial charge in [-0.2, -0.15) is 0 Å². The summed E-state index contributed by atoms with van der Waals surface area (Å²) in [6.07, 6.45) is 0.769. The molecule has 5 heteroatoms. The normalized spacial score (nSPS) is 18.9. The fourth-order valence-electron chi connectivity index (χ4n) is 3.65. The van der Waals surface area contributed by atoms with Gasteiger partial charge in [0.1, 0.15) is 17.9 Å². The highest BCUT2D eigenvalue weighted by Gasteiger charge is 2.32. The van der Waals surface area contributed by atoms with Crippen molar-refractivity contribution in [2.24, 2.45) is 0 Å². The Hall–Kier alpha value is -2.37. The van der Waals surface area contributed by atoms with Crippen molar-refractivity contribution < 1.29 is 19.4 Å². The molecule has 2 atom stereocenters. The number of hydrogen-bond acceptors (Lipinski definition) is 5. The maximum Gasteiger partial charge on any atom is 0.341 e. The fourth-order valence-corrected chi connectivity index (χ4v) is 3.65. The second-order valence-electron chi connectivity index (χ2n) is 7.18. The summed E-state index contributed by atoms with van der Waals surface area (Å²) in [6, 6.07) is 13.7. The van der Waals surface area contributed by atoms with E-state index in [0.29, 0.717) is 24.3 Å². The number of ether oxygens (including phenoxy) is 2. The Morgan fingerprint density at radius 3 is 2.63 bits per heavy atom. The zero-order valence-corrected chi connectivity index (χ0v) is 16.1. The summed E-state index contributed by atoms with van der Waals surface area (Å²) in [7, 11) is 1.37. The monoisotopic (exact) mass is 369 g/mol. The number of esters is 1. The largest absolute Gasteiger partial charge is 0.488 e. The summed E-state index contributed by atoms with van der Waals surface area (Å²) < 4.78 is 10.9. The van der Waals surface area contributed by atoms with Gasteiger partial charge in [0.15, 0.2) is 0 Å². The van der Waals surface area contributed by atoms with E-state index in [9.17, 15) is 9.90 Å². The fraction of sp³-hybridized carbons (Fsp3) is 0.409. The molecule has 27 heavy (non-hydrogen) atoms. The first-order chi connectivity index (χ1) is 13.0. The number of carbonyl (C=O) groups is 1. The van der Waals surface area contributed by atoms with Gasteiger partial charge < -0.3 is 19.9 Å². The minimum absolute atomic E-state index is 0.0286. The molecule has 2 aromatic rings. The number of fused-ring (bicyclic) bond motifs is 1. The number of rotatable bonds is 6. The van der Waals surface area contributed by atoms with Crippen LogP contribution in [-0.4, -0.2) is 30.3 Å². The molecule has 0 aliphatic heterocycles. The molecular weight excluding hydrogens is 342 g/mol. The smallest absolute Gasteiger partial charge is 0.341 e. The minimum Gasteiger partial charge on any atom is -0.488 e. The third kappa shape index (κ3) is 4.31. The number of nitrogens with one attached hydrogen (secondary N) is 1. The number of hydrogen-bond donors (Lipinski definition) is 2. The first kappa shape index (κ1) is 19.4. The van der Waals surface area contributed by atoms with Crippen LogP contribution in [0.2, 0.25) is 0 Å². The standard InChI is InChI=1S/C22H27NO4/c1-14(2)23-18-11-9-16-17(21(18)24)10-12-19(20(16)22(25)26-3)27-13-15-7-5-4-6-8-15/h4-8,10,12,14,18,21,23-24H,9,11,13H2,1-3H3. The SMILES string of the molecule is COC(=O)c1c(OCc2ccccc2)ccc2c1CCC(NC(C)C)C2O. The average molecular weight is 369 g/mol. The Balaban J connectivity index is 1.91. The van der Waals surface area contributed by atoms with Crippen molar-refractivity contribution in [2.45, 2.75) is 51.5 Å². The van der Waals surface area contributed by atoms with Crippen LogP contribution in [0.4, 0.5) is 0 Å². The number of carbonyl (C=O) groups excluding carboxylic acids is 1. The van der Waals surface area contributed by atoms with Crippen LogP contribution >= 0.6 is 0 Å². The third-order valence-corrected chi connectivity index (χ3v) is 4.89. The van der Waals surface area contributed by atoms with Gasteiger partial charge in [-0.05, 0) is 35.6 Å². The van der Waals surface area contributed by atoms with Gasteiger partial charge in [-0.3, -0.25) is 0 Å². The summed E-state index contributed by atoms with van der Waals surface area (Å²) in [6.45, 7) is 4.48. The van der Waals surface area contributed by atoms with E-state index in [4.69, 9.17) is 9.47 Å². The molecule has 0 aromatic heterocycles. The molecule has 0 spiro atoms. The lowest BCUT2D eigenvalue weighted by Crippen LogP contribution is -2.42. The summed E-state index contributed by atoms with van der Waals surface area (Å²) in [4.78, 5) is 12.5. The molecule has 5 nitrogen and oxygen atoms in total. The highest BCUT2D eigenvalue weighted by molar-refractivity contribution is 5.94. The predicted molar refractivity (Wildman–Crippen MR) is 104 cm³/mol. The molecule has 0 saturated carbocycles. The van der Waals surface area contributed by atoms with Crippen molar-refractivity contribution in [3.8, 4) is 5.75 Å². The van der Waals surface area contributed by atoms with E-state index in [1.54, 1.807) is 6.07 Å². The van der Waals surface area contributed by atoms with Gasteiger partial charge in [0.25, 0.3) is 0 Å². The second-order valence-corrected chi connectivity index (χ2v) is 7.18. The summed E-state index contributed by atoms with van der Waals surface area (Å²) >= 11 is 0. The maximum atomic E-state index is 12.5. The predicted octanol–water partition coefficient (Wildman–Crippen LogP) is 3.40. The second kappa shape index (κ2) is 8.55. The van der Waals surface area contributed by atoms with E-state index in [1.807, 2.05) is 36.4 Å². The van der Waals surface area contributed by atoms with Gasteiger partial charge in [0.05, 0.1) is 13.2 Å². The highest BCUT2D eigenvalue weighted by Crippen LogP contribution is 2.37. The van der Waals surface area contributed by atoms with Crippen molar-refractivity contribution in [1.82, 2.24) is 5.32 Å². The number of methoxy groups -OCH3 is 1. The molecule has 0 heterocycles. The van der Waals surface area contributed by atoms with Crippen LogP contribution in [0.15, 0.2) is 42.5 Å². The van der Waals surface area contributed by atoms with Gasteiger partial charge in [0, 0.05) is 12.1 Å². The zero-order valence-electron chi connectivity index (χ0n) is 16.1. The highest BCUT2D eigenvalue weighted by atomic mass is 16.5. The summed E-state index contributed by atoms with van der Waals surface area (Å²) in [5.74, 6) is 0.0595. The number of aliphatic hydroxyl groups excluding tert-OH is 1. The van der Waals surface area contributed by atoms with Crippen molar-refractivity contribution in [3.05, 3.63) is 64.7 Å². The van der Waals surface area contributed by atoms with Crippen molar-refractivity contribution in [1.29, 1.82) is 0 Å². The molecule has 144 valence electrons. The van der Waals surface area contributed by atoms with Crippen molar-refractivity contribution >= 4 is 5.97 Å². The number of benzene rings is 2. The zero-order chi connectivity index (χ0) is 19.4. The van der Waals surface area contributed by atoms with Crippen molar-refractivity contribution in [3.63, 3.8) is 0 Å². The third-order valence-electron chi connectivity index (χ3n) is 4.89. The van der Waals surface area contributed by atoms with E-state index in [-0.39, 0.29) is 12.1 Å². The maximum absolute atomic E-state index is 12.5. The van der Waals surface area contributed by atoms with Crippen LogP contribution in [0, 0.1) is 0 Å². The molecule has 0 radical (unpaired) electrons. The van der Waals surface area contributed by atoms with Crippen LogP contribution in [0.25, 0.3) is 0 Å². The van der Waals surface area contributed by atoms with Gasteiger partial charge in [0.2, 0.25) is 0 Å². The molecule has 2 aromatic carbocycles. The van der Waals surface area contributed by atoms with E-state index >= 15 is 0 Å². The Kier molecular flexibility index (Phi) is 6.14. The van der Waals surface area contributed by atoms with Crippen LogP contribution in [-0.2, 0) is 17.8 Å². The molecule has 0 fully saturated rings. The Morgan fingerprint density at radius 1 is 1.22 bits per heavy atom. The van der Waals surface area contributed by atoms with E-state index in [1.165, 1.54) is 7.11 Å². The summed E-state index contributed by atoms with van der Waals surface area (Å²) in [5, 5.41) is 14.2. The first-order valence-electron chi connectivity index (χ1n) is 9.36. The number of aliphatic hydroxyl groups is 1. The molecule has 1 aliphatic rings.